The molecule has 90 valence electrons. The van der Waals surface area contributed by atoms with Gasteiger partial charge in [0.15, 0.2) is 0 Å². The number of rotatable bonds is 7. The summed E-state index contributed by atoms with van der Waals surface area (Å²) in [6, 6.07) is 3.03. The lowest BCUT2D eigenvalue weighted by Gasteiger charge is -2.21. The summed E-state index contributed by atoms with van der Waals surface area (Å²) >= 11 is 1.87. The van der Waals surface area contributed by atoms with Crippen molar-refractivity contribution in [1.29, 1.82) is 0 Å². The standard InChI is InChI=1S/C13H21NOS/c1-11-6-9-16-13(11)10-14(12-4-5-12)7-2-3-8-15/h6,9,12,15H,2-5,7-8,10H2,1H3. The zero-order valence-corrected chi connectivity index (χ0v) is 10.8. The molecule has 0 bridgehead atoms. The molecule has 2 nitrogen and oxygen atoms in total. The fourth-order valence-electron chi connectivity index (χ4n) is 2.01. The Morgan fingerprint density at radius 2 is 2.25 bits per heavy atom. The van der Waals surface area contributed by atoms with E-state index >= 15 is 0 Å². The van der Waals surface area contributed by atoms with E-state index in [2.05, 4.69) is 23.3 Å². The molecule has 0 radical (unpaired) electrons. The summed E-state index contributed by atoms with van der Waals surface area (Å²) in [6.45, 7) is 4.78. The van der Waals surface area contributed by atoms with E-state index < -0.39 is 0 Å². The first-order valence-corrected chi connectivity index (χ1v) is 7.07. The quantitative estimate of drug-likeness (QED) is 0.740. The Morgan fingerprint density at radius 1 is 1.44 bits per heavy atom. The second-order valence-corrected chi connectivity index (χ2v) is 5.66. The third-order valence-corrected chi connectivity index (χ3v) is 4.24. The number of unbranched alkanes of at least 4 members (excludes halogenated alkanes) is 1. The van der Waals surface area contributed by atoms with E-state index in [0.29, 0.717) is 6.61 Å². The smallest absolute Gasteiger partial charge is 0.0431 e. The molecule has 0 aliphatic heterocycles. The summed E-state index contributed by atoms with van der Waals surface area (Å²) in [5.74, 6) is 0. The van der Waals surface area contributed by atoms with Crippen LogP contribution in [0.25, 0.3) is 0 Å². The van der Waals surface area contributed by atoms with Crippen LogP contribution in [0.2, 0.25) is 0 Å². The van der Waals surface area contributed by atoms with Crippen LogP contribution in [0.4, 0.5) is 0 Å². The molecule has 16 heavy (non-hydrogen) atoms. The average molecular weight is 239 g/mol. The number of aliphatic hydroxyl groups is 1. The molecule has 1 aromatic rings. The van der Waals surface area contributed by atoms with Crippen LogP contribution < -0.4 is 0 Å². The normalized spacial score (nSPS) is 15.9. The number of hydrogen-bond donors (Lipinski definition) is 1. The van der Waals surface area contributed by atoms with E-state index in [0.717, 1.165) is 32.0 Å². The third-order valence-electron chi connectivity index (χ3n) is 3.23. The predicted octanol–water partition coefficient (Wildman–Crippen LogP) is 2.79. The lowest BCUT2D eigenvalue weighted by Crippen LogP contribution is -2.26. The van der Waals surface area contributed by atoms with Gasteiger partial charge in [-0.05, 0) is 56.2 Å². The lowest BCUT2D eigenvalue weighted by molar-refractivity contribution is 0.230. The Labute approximate surface area is 102 Å². The van der Waals surface area contributed by atoms with Crippen LogP contribution in [0.1, 0.15) is 36.1 Å². The summed E-state index contributed by atoms with van der Waals surface area (Å²) in [5, 5.41) is 11.0. The monoisotopic (exact) mass is 239 g/mol. The minimum absolute atomic E-state index is 0.330. The van der Waals surface area contributed by atoms with E-state index in [1.807, 2.05) is 11.3 Å². The first-order valence-electron chi connectivity index (χ1n) is 6.19. The minimum Gasteiger partial charge on any atom is -0.396 e. The number of hydrogen-bond acceptors (Lipinski definition) is 3. The van der Waals surface area contributed by atoms with Gasteiger partial charge >= 0.3 is 0 Å². The maximum atomic E-state index is 8.82. The molecule has 0 aromatic carbocycles. The van der Waals surface area contributed by atoms with Gasteiger partial charge < -0.3 is 5.11 Å². The molecule has 1 fully saturated rings. The van der Waals surface area contributed by atoms with Crippen molar-refractivity contribution in [2.75, 3.05) is 13.2 Å². The summed E-state index contributed by atoms with van der Waals surface area (Å²) in [7, 11) is 0. The van der Waals surface area contributed by atoms with Crippen molar-refractivity contribution in [2.24, 2.45) is 0 Å². The predicted molar refractivity (Wildman–Crippen MR) is 68.8 cm³/mol. The van der Waals surface area contributed by atoms with Gasteiger partial charge in [0, 0.05) is 24.1 Å². The molecule has 1 aliphatic carbocycles. The van der Waals surface area contributed by atoms with Crippen molar-refractivity contribution < 1.29 is 5.11 Å². The molecule has 0 amide bonds. The van der Waals surface area contributed by atoms with Crippen molar-refractivity contribution in [3.8, 4) is 0 Å². The summed E-state index contributed by atoms with van der Waals surface area (Å²) in [5.41, 5.74) is 1.43. The van der Waals surface area contributed by atoms with E-state index in [1.54, 1.807) is 0 Å². The van der Waals surface area contributed by atoms with E-state index in [-0.39, 0.29) is 0 Å². The second-order valence-electron chi connectivity index (χ2n) is 4.66. The van der Waals surface area contributed by atoms with E-state index in [4.69, 9.17) is 5.11 Å². The highest BCUT2D eigenvalue weighted by molar-refractivity contribution is 7.10. The number of nitrogens with zero attached hydrogens (tertiary/aromatic N) is 1. The minimum atomic E-state index is 0.330. The van der Waals surface area contributed by atoms with Crippen molar-refractivity contribution in [3.63, 3.8) is 0 Å². The fraction of sp³-hybridized carbons (Fsp3) is 0.692. The topological polar surface area (TPSA) is 23.5 Å². The molecular formula is C13H21NOS. The Bertz CT molecular complexity index is 319. The Hall–Kier alpha value is -0.380. The highest BCUT2D eigenvalue weighted by atomic mass is 32.1. The molecule has 0 spiro atoms. The first-order chi connectivity index (χ1) is 7.81. The van der Waals surface area contributed by atoms with Gasteiger partial charge in [0.25, 0.3) is 0 Å². The molecule has 0 atom stereocenters. The zero-order valence-electron chi connectivity index (χ0n) is 9.98. The number of thiophene rings is 1. The van der Waals surface area contributed by atoms with Crippen LogP contribution in [0.3, 0.4) is 0 Å². The fourth-order valence-corrected chi connectivity index (χ4v) is 2.94. The lowest BCUT2D eigenvalue weighted by atomic mass is 10.2. The van der Waals surface area contributed by atoms with Crippen LogP contribution in [0, 0.1) is 6.92 Å². The molecule has 1 saturated carbocycles. The molecule has 1 N–H and O–H groups in total. The van der Waals surface area contributed by atoms with Crippen LogP contribution in [0.15, 0.2) is 11.4 Å². The molecule has 1 aliphatic rings. The largest absolute Gasteiger partial charge is 0.396 e. The summed E-state index contributed by atoms with van der Waals surface area (Å²) in [6.07, 6.45) is 4.79. The van der Waals surface area contributed by atoms with Gasteiger partial charge in [-0.15, -0.1) is 11.3 Å². The molecule has 1 heterocycles. The van der Waals surface area contributed by atoms with Crippen molar-refractivity contribution in [3.05, 3.63) is 21.9 Å². The van der Waals surface area contributed by atoms with E-state index in [9.17, 15) is 0 Å². The highest BCUT2D eigenvalue weighted by Gasteiger charge is 2.28. The molecule has 0 saturated heterocycles. The maximum absolute atomic E-state index is 8.82. The van der Waals surface area contributed by atoms with Crippen LogP contribution in [-0.4, -0.2) is 29.2 Å². The number of aryl methyl sites for hydroxylation is 1. The summed E-state index contributed by atoms with van der Waals surface area (Å²) < 4.78 is 0. The molecule has 1 aromatic heterocycles. The Balaban J connectivity index is 1.85. The maximum Gasteiger partial charge on any atom is 0.0431 e. The second kappa shape index (κ2) is 5.80. The molecule has 0 unspecified atom stereocenters. The van der Waals surface area contributed by atoms with E-state index in [1.165, 1.54) is 23.3 Å². The van der Waals surface area contributed by atoms with Crippen LogP contribution in [-0.2, 0) is 6.54 Å². The van der Waals surface area contributed by atoms with Crippen molar-refractivity contribution in [1.82, 2.24) is 4.90 Å². The first kappa shape index (κ1) is 12.1. The average Bonchev–Trinajstić information content (AvgIpc) is 3.04. The van der Waals surface area contributed by atoms with Crippen molar-refractivity contribution in [2.45, 2.75) is 45.2 Å². The van der Waals surface area contributed by atoms with Gasteiger partial charge in [-0.25, -0.2) is 0 Å². The van der Waals surface area contributed by atoms with Crippen LogP contribution >= 0.6 is 11.3 Å². The van der Waals surface area contributed by atoms with Crippen molar-refractivity contribution >= 4 is 11.3 Å². The summed E-state index contributed by atoms with van der Waals surface area (Å²) in [4.78, 5) is 4.10. The molecule has 2 rings (SSSR count). The highest BCUT2D eigenvalue weighted by Crippen LogP contribution is 2.30. The van der Waals surface area contributed by atoms with Gasteiger partial charge in [0.1, 0.15) is 0 Å². The van der Waals surface area contributed by atoms with Gasteiger partial charge in [-0.1, -0.05) is 0 Å². The molecule has 3 heteroatoms. The van der Waals surface area contributed by atoms with Gasteiger partial charge in [-0.2, -0.15) is 0 Å². The third kappa shape index (κ3) is 3.30. The molecular weight excluding hydrogens is 218 g/mol. The SMILES string of the molecule is Cc1ccsc1CN(CCCCO)C1CC1. The van der Waals surface area contributed by atoms with Gasteiger partial charge in [-0.3, -0.25) is 4.90 Å². The Kier molecular flexibility index (Phi) is 4.38. The number of aliphatic hydroxyl groups excluding tert-OH is 1. The zero-order chi connectivity index (χ0) is 11.4. The van der Waals surface area contributed by atoms with Gasteiger partial charge in [0.05, 0.1) is 0 Å². The van der Waals surface area contributed by atoms with Gasteiger partial charge in [0.2, 0.25) is 0 Å². The Morgan fingerprint density at radius 3 is 2.81 bits per heavy atom. The van der Waals surface area contributed by atoms with Crippen LogP contribution in [0.5, 0.6) is 0 Å².